The Morgan fingerprint density at radius 2 is 1.68 bits per heavy atom. The number of sulfonamides is 1. The van der Waals surface area contributed by atoms with Crippen LogP contribution in [0.3, 0.4) is 0 Å². The molecule has 1 atom stereocenters. The van der Waals surface area contributed by atoms with Crippen LogP contribution in [0.25, 0.3) is 5.69 Å². The van der Waals surface area contributed by atoms with Gasteiger partial charge in [-0.2, -0.15) is 5.10 Å². The number of rotatable bonds is 9. The maximum Gasteiger partial charge on any atom is 0.242 e. The van der Waals surface area contributed by atoms with Gasteiger partial charge in [0.15, 0.2) is 0 Å². The Hall–Kier alpha value is -3.72. The molecule has 9 heteroatoms. The van der Waals surface area contributed by atoms with Gasteiger partial charge in [0.1, 0.15) is 0 Å². The summed E-state index contributed by atoms with van der Waals surface area (Å²) in [5.41, 5.74) is 7.86. The average molecular weight is 549 g/mol. The highest BCUT2D eigenvalue weighted by Crippen LogP contribution is 2.23. The van der Waals surface area contributed by atoms with Crippen LogP contribution >= 0.6 is 11.6 Å². The smallest absolute Gasteiger partial charge is 0.242 e. The van der Waals surface area contributed by atoms with E-state index >= 15 is 0 Å². The van der Waals surface area contributed by atoms with Crippen LogP contribution in [0, 0.1) is 20.8 Å². The Bertz CT molecular complexity index is 1560. The Morgan fingerprint density at radius 3 is 2.37 bits per heavy atom. The molecule has 38 heavy (non-hydrogen) atoms. The van der Waals surface area contributed by atoms with E-state index in [0.29, 0.717) is 10.6 Å². The van der Waals surface area contributed by atoms with Crippen LogP contribution in [-0.4, -0.2) is 25.1 Å². The number of amides is 1. The van der Waals surface area contributed by atoms with Crippen molar-refractivity contribution in [1.29, 1.82) is 0 Å². The zero-order chi connectivity index (χ0) is 27.3. The fourth-order valence-electron chi connectivity index (χ4n) is 4.22. The van der Waals surface area contributed by atoms with E-state index in [-0.39, 0.29) is 11.3 Å². The van der Waals surface area contributed by atoms with E-state index in [1.807, 2.05) is 57.2 Å². The summed E-state index contributed by atoms with van der Waals surface area (Å²) in [6, 6.07) is 24.3. The number of carbonyl (C=O) groups excluding carboxylic acids is 1. The summed E-state index contributed by atoms with van der Waals surface area (Å²) in [5.74, 6) is -0.426. The van der Waals surface area contributed by atoms with Crippen molar-refractivity contribution in [1.82, 2.24) is 14.7 Å². The molecule has 1 amide bonds. The van der Waals surface area contributed by atoms with Crippen molar-refractivity contribution in [2.75, 3.05) is 0 Å². The van der Waals surface area contributed by atoms with E-state index < -0.39 is 22.0 Å². The Morgan fingerprint density at radius 1 is 0.974 bits per heavy atom. The van der Waals surface area contributed by atoms with Crippen molar-refractivity contribution in [3.8, 4) is 5.69 Å². The second kappa shape index (κ2) is 11.8. The van der Waals surface area contributed by atoms with Gasteiger partial charge in [-0.1, -0.05) is 65.7 Å². The van der Waals surface area contributed by atoms with Crippen LogP contribution in [0.4, 0.5) is 0 Å². The van der Waals surface area contributed by atoms with Gasteiger partial charge < -0.3 is 4.57 Å². The maximum atomic E-state index is 13.0. The number of hydrogen-bond acceptors (Lipinski definition) is 4. The number of carbonyl (C=O) groups is 1. The van der Waals surface area contributed by atoms with Gasteiger partial charge in [0, 0.05) is 34.1 Å². The van der Waals surface area contributed by atoms with Gasteiger partial charge in [0.25, 0.3) is 0 Å². The summed E-state index contributed by atoms with van der Waals surface area (Å²) in [6.07, 6.45) is 1.45. The molecule has 4 aromatic rings. The third-order valence-electron chi connectivity index (χ3n) is 6.15. The van der Waals surface area contributed by atoms with Crippen LogP contribution < -0.4 is 10.1 Å². The largest absolute Gasteiger partial charge is 0.318 e. The number of halogens is 1. The zero-order valence-electron chi connectivity index (χ0n) is 21.4. The molecular weight excluding hydrogens is 520 g/mol. The number of hydrogen-bond donors (Lipinski definition) is 2. The Labute approximate surface area is 228 Å². The topological polar surface area (TPSA) is 92.6 Å². The molecule has 0 aliphatic carbocycles. The quantitative estimate of drug-likeness (QED) is 0.210. The summed E-state index contributed by atoms with van der Waals surface area (Å²) in [4.78, 5) is 13.0. The molecule has 0 fully saturated rings. The molecule has 7 nitrogen and oxygen atoms in total. The highest BCUT2D eigenvalue weighted by Gasteiger charge is 2.23. The van der Waals surface area contributed by atoms with Gasteiger partial charge in [-0.15, -0.1) is 0 Å². The van der Waals surface area contributed by atoms with Crippen LogP contribution in [-0.2, 0) is 14.8 Å². The van der Waals surface area contributed by atoms with Gasteiger partial charge in [-0.05, 0) is 62.7 Å². The predicted molar refractivity (Wildman–Crippen MR) is 151 cm³/mol. The number of aromatic nitrogens is 1. The summed E-state index contributed by atoms with van der Waals surface area (Å²) in [6.45, 7) is 5.83. The lowest BCUT2D eigenvalue weighted by molar-refractivity contribution is -0.121. The van der Waals surface area contributed by atoms with Crippen LogP contribution in [0.5, 0.6) is 0 Å². The highest BCUT2D eigenvalue weighted by atomic mass is 35.5. The minimum absolute atomic E-state index is 0.131. The first-order valence-electron chi connectivity index (χ1n) is 12.0. The summed E-state index contributed by atoms with van der Waals surface area (Å²) in [5, 5.41) is 4.78. The molecule has 1 heterocycles. The van der Waals surface area contributed by atoms with Crippen molar-refractivity contribution < 1.29 is 13.2 Å². The molecular formula is C29H29ClN4O3S. The third-order valence-corrected chi connectivity index (χ3v) is 7.87. The molecule has 196 valence electrons. The normalized spacial score (nSPS) is 12.5. The molecule has 0 unspecified atom stereocenters. The van der Waals surface area contributed by atoms with Gasteiger partial charge in [0.05, 0.1) is 17.2 Å². The van der Waals surface area contributed by atoms with Gasteiger partial charge in [-0.25, -0.2) is 18.6 Å². The highest BCUT2D eigenvalue weighted by molar-refractivity contribution is 7.89. The Balaban J connectivity index is 1.48. The first-order valence-corrected chi connectivity index (χ1v) is 13.9. The van der Waals surface area contributed by atoms with Gasteiger partial charge in [0.2, 0.25) is 15.9 Å². The molecule has 0 aliphatic heterocycles. The van der Waals surface area contributed by atoms with E-state index in [1.165, 1.54) is 0 Å². The van der Waals surface area contributed by atoms with Gasteiger partial charge >= 0.3 is 0 Å². The molecule has 0 spiro atoms. The molecule has 4 rings (SSSR count). The fraction of sp³-hybridized carbons (Fsp3) is 0.172. The molecule has 0 bridgehead atoms. The number of hydrazone groups is 1. The summed E-state index contributed by atoms with van der Waals surface area (Å²) < 4.78 is 30.8. The van der Waals surface area contributed by atoms with Crippen molar-refractivity contribution in [2.45, 2.75) is 38.1 Å². The molecule has 0 saturated heterocycles. The summed E-state index contributed by atoms with van der Waals surface area (Å²) in [7, 11) is -3.85. The standard InChI is InChI=1S/C29H29ClN4O3S/c1-20-12-14-27(15-13-20)38(36,37)33-28(23-8-5-4-6-9-23)18-29(35)32-31-19-24-16-21(2)34(22(24)3)26-11-7-10-25(30)17-26/h4-17,19,28,33H,18H2,1-3H3,(H,32,35)/b31-19-/t28-/m1/s1. The first kappa shape index (κ1) is 27.3. The minimum Gasteiger partial charge on any atom is -0.318 e. The van der Waals surface area contributed by atoms with Gasteiger partial charge in [-0.3, -0.25) is 4.79 Å². The number of nitrogens with one attached hydrogen (secondary N) is 2. The van der Waals surface area contributed by atoms with E-state index in [0.717, 1.165) is 28.2 Å². The Kier molecular flexibility index (Phi) is 8.46. The molecule has 0 saturated carbocycles. The monoisotopic (exact) mass is 548 g/mol. The number of nitrogens with zero attached hydrogens (tertiary/aromatic N) is 2. The van der Waals surface area contributed by atoms with Crippen molar-refractivity contribution in [3.63, 3.8) is 0 Å². The predicted octanol–water partition coefficient (Wildman–Crippen LogP) is 5.62. The van der Waals surface area contributed by atoms with E-state index in [2.05, 4.69) is 19.8 Å². The molecule has 2 N–H and O–H groups in total. The van der Waals surface area contributed by atoms with Crippen LogP contribution in [0.15, 0.2) is 94.9 Å². The molecule has 0 aliphatic rings. The third kappa shape index (κ3) is 6.58. The summed E-state index contributed by atoms with van der Waals surface area (Å²) >= 11 is 6.16. The first-order chi connectivity index (χ1) is 18.1. The van der Waals surface area contributed by atoms with Crippen LogP contribution in [0.1, 0.15) is 40.5 Å². The lowest BCUT2D eigenvalue weighted by atomic mass is 10.0. The van der Waals surface area contributed by atoms with E-state index in [9.17, 15) is 13.2 Å². The van der Waals surface area contributed by atoms with Crippen LogP contribution in [0.2, 0.25) is 5.02 Å². The fourth-order valence-corrected chi connectivity index (χ4v) is 5.63. The number of aryl methyl sites for hydroxylation is 2. The number of benzene rings is 3. The van der Waals surface area contributed by atoms with Crippen molar-refractivity contribution in [3.05, 3.63) is 118 Å². The van der Waals surface area contributed by atoms with Crippen molar-refractivity contribution >= 4 is 33.7 Å². The van der Waals surface area contributed by atoms with E-state index in [4.69, 9.17) is 11.6 Å². The van der Waals surface area contributed by atoms with Crippen molar-refractivity contribution in [2.24, 2.45) is 5.10 Å². The molecule has 1 aromatic heterocycles. The molecule has 0 radical (unpaired) electrons. The minimum atomic E-state index is -3.85. The van der Waals surface area contributed by atoms with E-state index in [1.54, 1.807) is 54.7 Å². The SMILES string of the molecule is Cc1ccc(S(=O)(=O)N[C@H](CC(=O)N/N=C\c2cc(C)n(-c3cccc(Cl)c3)c2C)c2ccccc2)cc1. The lowest BCUT2D eigenvalue weighted by Crippen LogP contribution is -2.32. The lowest BCUT2D eigenvalue weighted by Gasteiger charge is -2.18. The molecule has 3 aromatic carbocycles. The second-order valence-corrected chi connectivity index (χ2v) is 11.2. The zero-order valence-corrected chi connectivity index (χ0v) is 22.9. The average Bonchev–Trinajstić information content (AvgIpc) is 3.17. The second-order valence-electron chi connectivity index (χ2n) is 9.04. The maximum absolute atomic E-state index is 13.0.